The number of aromatic nitrogens is 2. The van der Waals surface area contributed by atoms with Gasteiger partial charge in [0.15, 0.2) is 0 Å². The molecular weight excluding hydrogens is 240 g/mol. The Morgan fingerprint density at radius 3 is 2.47 bits per heavy atom. The van der Waals surface area contributed by atoms with Crippen molar-refractivity contribution >= 4 is 0 Å². The molecule has 4 nitrogen and oxygen atoms in total. The first-order valence-electron chi connectivity index (χ1n) is 6.47. The molecule has 0 aliphatic heterocycles. The average molecular weight is 260 g/mol. The molecular formula is C15H20N2O2. The van der Waals surface area contributed by atoms with Gasteiger partial charge in [0.05, 0.1) is 18.4 Å². The third-order valence-corrected chi connectivity index (χ3v) is 2.82. The molecule has 1 heterocycles. The Bertz CT molecular complexity index is 517. The van der Waals surface area contributed by atoms with Gasteiger partial charge in [-0.3, -0.25) is 4.68 Å². The van der Waals surface area contributed by atoms with E-state index in [-0.39, 0.29) is 6.10 Å². The molecule has 1 atom stereocenters. The largest absolute Gasteiger partial charge is 0.491 e. The summed E-state index contributed by atoms with van der Waals surface area (Å²) >= 11 is 0. The zero-order chi connectivity index (χ0) is 13.8. The molecule has 0 aliphatic rings. The number of aliphatic hydroxyl groups excluding tert-OH is 1. The quantitative estimate of drug-likeness (QED) is 0.898. The van der Waals surface area contributed by atoms with Crippen LogP contribution in [0.1, 0.15) is 31.1 Å². The normalized spacial score (nSPS) is 12.7. The molecule has 0 saturated carbocycles. The zero-order valence-corrected chi connectivity index (χ0v) is 11.6. The molecule has 0 spiro atoms. The lowest BCUT2D eigenvalue weighted by Gasteiger charge is -2.12. The van der Waals surface area contributed by atoms with E-state index in [2.05, 4.69) is 5.10 Å². The van der Waals surface area contributed by atoms with Gasteiger partial charge in [0, 0.05) is 19.7 Å². The Hall–Kier alpha value is -1.81. The molecule has 0 aliphatic carbocycles. The summed E-state index contributed by atoms with van der Waals surface area (Å²) in [5, 5.41) is 14.3. The lowest BCUT2D eigenvalue weighted by molar-refractivity contribution is 0.178. The number of ether oxygens (including phenoxy) is 1. The van der Waals surface area contributed by atoms with E-state index in [4.69, 9.17) is 4.74 Å². The highest BCUT2D eigenvalue weighted by molar-refractivity contribution is 5.29. The molecule has 2 rings (SSSR count). The number of hydrogen-bond donors (Lipinski definition) is 1. The van der Waals surface area contributed by atoms with Crippen LogP contribution in [0.5, 0.6) is 5.75 Å². The number of rotatable bonds is 5. The van der Waals surface area contributed by atoms with Crippen molar-refractivity contribution in [1.29, 1.82) is 0 Å². The molecule has 102 valence electrons. The van der Waals surface area contributed by atoms with Crippen LogP contribution in [0.3, 0.4) is 0 Å². The fourth-order valence-electron chi connectivity index (χ4n) is 1.96. The van der Waals surface area contributed by atoms with Gasteiger partial charge < -0.3 is 9.84 Å². The molecule has 0 amide bonds. The molecule has 1 aromatic carbocycles. The SMILES string of the molecule is CC(C)Oc1ccc(C(O)Cc2cnn(C)c2)cc1. The Morgan fingerprint density at radius 2 is 1.95 bits per heavy atom. The minimum Gasteiger partial charge on any atom is -0.491 e. The van der Waals surface area contributed by atoms with Crippen molar-refractivity contribution in [2.75, 3.05) is 0 Å². The van der Waals surface area contributed by atoms with Crippen LogP contribution in [0, 0.1) is 0 Å². The van der Waals surface area contributed by atoms with E-state index in [1.54, 1.807) is 10.9 Å². The van der Waals surface area contributed by atoms with Gasteiger partial charge in [0.2, 0.25) is 0 Å². The van der Waals surface area contributed by atoms with Crippen LogP contribution in [0.2, 0.25) is 0 Å². The van der Waals surface area contributed by atoms with Crippen molar-refractivity contribution in [3.8, 4) is 5.75 Å². The predicted octanol–water partition coefficient (Wildman–Crippen LogP) is 2.48. The summed E-state index contributed by atoms with van der Waals surface area (Å²) < 4.78 is 7.31. The second kappa shape index (κ2) is 5.89. The molecule has 1 unspecified atom stereocenters. The van der Waals surface area contributed by atoms with Crippen LogP contribution in [-0.2, 0) is 13.5 Å². The smallest absolute Gasteiger partial charge is 0.119 e. The van der Waals surface area contributed by atoms with Gasteiger partial charge in [-0.1, -0.05) is 12.1 Å². The first-order valence-corrected chi connectivity index (χ1v) is 6.47. The molecule has 0 radical (unpaired) electrons. The molecule has 0 fully saturated rings. The molecule has 1 aromatic heterocycles. The van der Waals surface area contributed by atoms with Gasteiger partial charge in [-0.05, 0) is 37.1 Å². The molecule has 1 N–H and O–H groups in total. The van der Waals surface area contributed by atoms with Crippen molar-refractivity contribution in [2.24, 2.45) is 7.05 Å². The number of benzene rings is 1. The van der Waals surface area contributed by atoms with Gasteiger partial charge in [-0.2, -0.15) is 5.10 Å². The zero-order valence-electron chi connectivity index (χ0n) is 11.6. The fourth-order valence-corrected chi connectivity index (χ4v) is 1.96. The first kappa shape index (κ1) is 13.6. The van der Waals surface area contributed by atoms with Gasteiger partial charge in [0.1, 0.15) is 5.75 Å². The van der Waals surface area contributed by atoms with Crippen LogP contribution in [-0.4, -0.2) is 21.0 Å². The van der Waals surface area contributed by atoms with Crippen molar-refractivity contribution < 1.29 is 9.84 Å². The minimum absolute atomic E-state index is 0.158. The highest BCUT2D eigenvalue weighted by Gasteiger charge is 2.10. The number of nitrogens with zero attached hydrogens (tertiary/aromatic N) is 2. The van der Waals surface area contributed by atoms with E-state index >= 15 is 0 Å². The third kappa shape index (κ3) is 3.83. The van der Waals surface area contributed by atoms with E-state index in [1.807, 2.05) is 51.4 Å². The topological polar surface area (TPSA) is 47.3 Å². The summed E-state index contributed by atoms with van der Waals surface area (Å²) in [6, 6.07) is 7.58. The highest BCUT2D eigenvalue weighted by Crippen LogP contribution is 2.21. The van der Waals surface area contributed by atoms with Crippen LogP contribution >= 0.6 is 0 Å². The fraction of sp³-hybridized carbons (Fsp3) is 0.400. The Kier molecular flexibility index (Phi) is 4.22. The lowest BCUT2D eigenvalue weighted by Crippen LogP contribution is -2.06. The number of aliphatic hydroxyl groups is 1. The summed E-state index contributed by atoms with van der Waals surface area (Å²) in [7, 11) is 1.87. The number of aryl methyl sites for hydroxylation is 1. The van der Waals surface area contributed by atoms with Gasteiger partial charge in [-0.25, -0.2) is 0 Å². The molecule has 4 heteroatoms. The summed E-state index contributed by atoms with van der Waals surface area (Å²) in [6.07, 6.45) is 3.90. The van der Waals surface area contributed by atoms with Gasteiger partial charge in [0.25, 0.3) is 0 Å². The third-order valence-electron chi connectivity index (χ3n) is 2.82. The maximum Gasteiger partial charge on any atom is 0.119 e. The van der Waals surface area contributed by atoms with Crippen molar-refractivity contribution in [3.05, 3.63) is 47.8 Å². The summed E-state index contributed by atoms with van der Waals surface area (Å²) in [4.78, 5) is 0. The van der Waals surface area contributed by atoms with Crippen LogP contribution in [0.15, 0.2) is 36.7 Å². The summed E-state index contributed by atoms with van der Waals surface area (Å²) in [5.41, 5.74) is 1.91. The average Bonchev–Trinajstić information content (AvgIpc) is 2.75. The molecule has 19 heavy (non-hydrogen) atoms. The second-order valence-electron chi connectivity index (χ2n) is 4.98. The maximum absolute atomic E-state index is 10.2. The summed E-state index contributed by atoms with van der Waals surface area (Å²) in [6.45, 7) is 3.98. The Labute approximate surface area is 113 Å². The van der Waals surface area contributed by atoms with Crippen molar-refractivity contribution in [2.45, 2.75) is 32.5 Å². The van der Waals surface area contributed by atoms with E-state index in [0.29, 0.717) is 6.42 Å². The Morgan fingerprint density at radius 1 is 1.26 bits per heavy atom. The van der Waals surface area contributed by atoms with Crippen LogP contribution in [0.25, 0.3) is 0 Å². The highest BCUT2D eigenvalue weighted by atomic mass is 16.5. The first-order chi connectivity index (χ1) is 9.04. The maximum atomic E-state index is 10.2. The van der Waals surface area contributed by atoms with Gasteiger partial charge >= 0.3 is 0 Å². The lowest BCUT2D eigenvalue weighted by atomic mass is 10.0. The van der Waals surface area contributed by atoms with Crippen molar-refractivity contribution in [3.63, 3.8) is 0 Å². The number of hydrogen-bond acceptors (Lipinski definition) is 3. The van der Waals surface area contributed by atoms with E-state index in [0.717, 1.165) is 16.9 Å². The minimum atomic E-state index is -0.516. The van der Waals surface area contributed by atoms with Gasteiger partial charge in [-0.15, -0.1) is 0 Å². The van der Waals surface area contributed by atoms with E-state index < -0.39 is 6.10 Å². The summed E-state index contributed by atoms with van der Waals surface area (Å²) in [5.74, 6) is 0.826. The van der Waals surface area contributed by atoms with Crippen LogP contribution in [0.4, 0.5) is 0 Å². The van der Waals surface area contributed by atoms with E-state index in [1.165, 1.54) is 0 Å². The van der Waals surface area contributed by atoms with E-state index in [9.17, 15) is 5.11 Å². The molecule has 0 bridgehead atoms. The monoisotopic (exact) mass is 260 g/mol. The standard InChI is InChI=1S/C15H20N2O2/c1-11(2)19-14-6-4-13(5-7-14)15(18)8-12-9-16-17(3)10-12/h4-7,9-11,15,18H,8H2,1-3H3. The predicted molar refractivity (Wildman–Crippen MR) is 74.1 cm³/mol. The molecule has 2 aromatic rings. The second-order valence-corrected chi connectivity index (χ2v) is 4.98. The Balaban J connectivity index is 2.01. The molecule has 0 saturated heterocycles. The van der Waals surface area contributed by atoms with Crippen LogP contribution < -0.4 is 4.74 Å². The van der Waals surface area contributed by atoms with Crippen molar-refractivity contribution in [1.82, 2.24) is 9.78 Å².